The summed E-state index contributed by atoms with van der Waals surface area (Å²) in [5.74, 6) is 0.710. The van der Waals surface area contributed by atoms with Gasteiger partial charge in [-0.1, -0.05) is 16.9 Å². The molecule has 1 aliphatic heterocycles. The first-order chi connectivity index (χ1) is 9.15. The van der Waals surface area contributed by atoms with E-state index in [1.807, 2.05) is 6.92 Å². The Hall–Kier alpha value is -1.89. The minimum atomic E-state index is -0.199. The number of aliphatic imine (C=N–C) groups is 1. The van der Waals surface area contributed by atoms with Crippen molar-refractivity contribution in [2.75, 3.05) is 12.3 Å². The molecule has 0 atom stereocenters. The Morgan fingerprint density at radius 2 is 2.32 bits per heavy atom. The molecule has 0 radical (unpaired) electrons. The summed E-state index contributed by atoms with van der Waals surface area (Å²) < 4.78 is 5.11. The molecule has 3 rings (SSSR count). The molecule has 0 bridgehead atoms. The van der Waals surface area contributed by atoms with Crippen LogP contribution in [0.2, 0.25) is 0 Å². The van der Waals surface area contributed by atoms with Crippen molar-refractivity contribution >= 4 is 33.9 Å². The lowest BCUT2D eigenvalue weighted by molar-refractivity contribution is 0.0979. The average Bonchev–Trinajstić information content (AvgIpc) is 2.99. The van der Waals surface area contributed by atoms with Gasteiger partial charge in [-0.3, -0.25) is 9.79 Å². The molecular formula is C12H12N4O2S. The van der Waals surface area contributed by atoms with E-state index in [0.717, 1.165) is 18.0 Å². The molecule has 0 aromatic carbocycles. The van der Waals surface area contributed by atoms with Gasteiger partial charge in [-0.15, -0.1) is 0 Å². The van der Waals surface area contributed by atoms with Gasteiger partial charge in [-0.2, -0.15) is 0 Å². The van der Waals surface area contributed by atoms with E-state index in [-0.39, 0.29) is 5.91 Å². The van der Waals surface area contributed by atoms with Gasteiger partial charge in [0.25, 0.3) is 11.6 Å². The summed E-state index contributed by atoms with van der Waals surface area (Å²) >= 11 is 1.54. The fourth-order valence-corrected chi connectivity index (χ4v) is 2.70. The highest BCUT2D eigenvalue weighted by molar-refractivity contribution is 8.14. The highest BCUT2D eigenvalue weighted by atomic mass is 32.2. The Morgan fingerprint density at radius 3 is 3.05 bits per heavy atom. The number of rotatable bonds is 1. The van der Waals surface area contributed by atoms with Crippen LogP contribution in [0.25, 0.3) is 11.1 Å². The zero-order chi connectivity index (χ0) is 13.4. The minimum absolute atomic E-state index is 0.199. The van der Waals surface area contributed by atoms with Crippen LogP contribution in [0.15, 0.2) is 15.6 Å². The Labute approximate surface area is 113 Å². The van der Waals surface area contributed by atoms with Gasteiger partial charge in [0, 0.05) is 11.4 Å². The number of carbonyl (C=O) groups is 1. The number of amidine groups is 1. The maximum Gasteiger partial charge on any atom is 0.258 e. The normalized spacial score (nSPS) is 14.7. The van der Waals surface area contributed by atoms with Crippen molar-refractivity contribution in [1.29, 1.82) is 0 Å². The van der Waals surface area contributed by atoms with E-state index in [4.69, 9.17) is 4.52 Å². The second-order valence-electron chi connectivity index (χ2n) is 4.25. The third-order valence-electron chi connectivity index (χ3n) is 2.80. The molecule has 0 fully saturated rings. The zero-order valence-electron chi connectivity index (χ0n) is 10.6. The first-order valence-electron chi connectivity index (χ1n) is 5.87. The van der Waals surface area contributed by atoms with E-state index >= 15 is 0 Å². The number of nitrogens with one attached hydrogen (secondary N) is 1. The van der Waals surface area contributed by atoms with E-state index < -0.39 is 0 Å². The maximum atomic E-state index is 12.3. The first-order valence-corrected chi connectivity index (χ1v) is 6.86. The second-order valence-corrected chi connectivity index (χ2v) is 5.33. The molecular weight excluding hydrogens is 264 g/mol. The molecule has 0 saturated heterocycles. The number of carbonyl (C=O) groups excluding carboxylic acids is 1. The van der Waals surface area contributed by atoms with Crippen LogP contribution < -0.4 is 5.32 Å². The van der Waals surface area contributed by atoms with Crippen LogP contribution in [-0.4, -0.2) is 33.5 Å². The summed E-state index contributed by atoms with van der Waals surface area (Å²) in [6.45, 7) is 4.36. The summed E-state index contributed by atoms with van der Waals surface area (Å²) in [4.78, 5) is 20.7. The molecule has 3 heterocycles. The van der Waals surface area contributed by atoms with E-state index in [9.17, 15) is 4.79 Å². The molecule has 19 heavy (non-hydrogen) atoms. The largest absolute Gasteiger partial charge is 0.336 e. The van der Waals surface area contributed by atoms with Gasteiger partial charge >= 0.3 is 0 Å². The van der Waals surface area contributed by atoms with Crippen molar-refractivity contribution in [2.24, 2.45) is 4.99 Å². The Morgan fingerprint density at radius 1 is 1.47 bits per heavy atom. The van der Waals surface area contributed by atoms with Crippen LogP contribution in [-0.2, 0) is 0 Å². The van der Waals surface area contributed by atoms with Crippen LogP contribution >= 0.6 is 11.8 Å². The first kappa shape index (κ1) is 12.2. The lowest BCUT2D eigenvalue weighted by Crippen LogP contribution is -2.27. The Balaban J connectivity index is 2.03. The Kier molecular flexibility index (Phi) is 2.98. The van der Waals surface area contributed by atoms with Gasteiger partial charge in [-0.25, -0.2) is 4.98 Å². The summed E-state index contributed by atoms with van der Waals surface area (Å²) in [7, 11) is 0. The fourth-order valence-electron chi connectivity index (χ4n) is 1.97. The smallest absolute Gasteiger partial charge is 0.258 e. The summed E-state index contributed by atoms with van der Waals surface area (Å²) in [6.07, 6.45) is 0. The zero-order valence-corrected chi connectivity index (χ0v) is 11.4. The van der Waals surface area contributed by atoms with E-state index in [0.29, 0.717) is 27.5 Å². The van der Waals surface area contributed by atoms with Crippen LogP contribution in [0.1, 0.15) is 21.7 Å². The lowest BCUT2D eigenvalue weighted by Gasteiger charge is -2.05. The minimum Gasteiger partial charge on any atom is -0.336 e. The summed E-state index contributed by atoms with van der Waals surface area (Å²) in [5, 5.41) is 7.99. The highest BCUT2D eigenvalue weighted by Crippen LogP contribution is 2.22. The number of pyridine rings is 1. The van der Waals surface area contributed by atoms with Crippen molar-refractivity contribution in [2.45, 2.75) is 13.8 Å². The van der Waals surface area contributed by atoms with Crippen LogP contribution in [0.4, 0.5) is 0 Å². The number of fused-ring (bicyclic) bond motifs is 1. The van der Waals surface area contributed by atoms with Gasteiger partial charge in [0.1, 0.15) is 0 Å². The number of thioether (sulfide) groups is 1. The van der Waals surface area contributed by atoms with Crippen molar-refractivity contribution in [3.05, 3.63) is 23.0 Å². The highest BCUT2D eigenvalue weighted by Gasteiger charge is 2.19. The Bertz CT molecular complexity index is 692. The number of hydrogen-bond acceptors (Lipinski definition) is 6. The van der Waals surface area contributed by atoms with Crippen LogP contribution in [0.3, 0.4) is 0 Å². The molecule has 6 nitrogen and oxygen atoms in total. The van der Waals surface area contributed by atoms with Gasteiger partial charge < -0.3 is 9.84 Å². The molecule has 0 saturated carbocycles. The van der Waals surface area contributed by atoms with Crippen LogP contribution in [0, 0.1) is 13.8 Å². The molecule has 1 aliphatic rings. The van der Waals surface area contributed by atoms with Crippen molar-refractivity contribution in [3.63, 3.8) is 0 Å². The maximum absolute atomic E-state index is 12.3. The van der Waals surface area contributed by atoms with Gasteiger partial charge in [-0.05, 0) is 19.9 Å². The monoisotopic (exact) mass is 276 g/mol. The van der Waals surface area contributed by atoms with Crippen LogP contribution in [0.5, 0.6) is 0 Å². The molecule has 0 aliphatic carbocycles. The molecule has 7 heteroatoms. The SMILES string of the molecule is Cc1cc(C(=O)NC2=NCCS2)c2c(C)noc2n1. The van der Waals surface area contributed by atoms with Crippen molar-refractivity contribution in [1.82, 2.24) is 15.5 Å². The summed E-state index contributed by atoms with van der Waals surface area (Å²) in [6, 6.07) is 1.74. The lowest BCUT2D eigenvalue weighted by atomic mass is 10.1. The molecule has 1 amide bonds. The fraction of sp³-hybridized carbons (Fsp3) is 0.333. The van der Waals surface area contributed by atoms with E-state index in [2.05, 4.69) is 20.4 Å². The molecule has 98 valence electrons. The van der Waals surface area contributed by atoms with E-state index in [1.165, 1.54) is 0 Å². The molecule has 2 aromatic rings. The van der Waals surface area contributed by atoms with Gasteiger partial charge in [0.15, 0.2) is 5.17 Å². The average molecular weight is 276 g/mol. The number of aromatic nitrogens is 2. The second kappa shape index (κ2) is 4.65. The van der Waals surface area contributed by atoms with E-state index in [1.54, 1.807) is 24.8 Å². The predicted octanol–water partition coefficient (Wildman–Crippen LogP) is 1.67. The predicted molar refractivity (Wildman–Crippen MR) is 73.5 cm³/mol. The quantitative estimate of drug-likeness (QED) is 0.857. The number of aryl methyl sites for hydroxylation is 2. The van der Waals surface area contributed by atoms with Gasteiger partial charge in [0.05, 0.1) is 23.2 Å². The number of nitrogens with zero attached hydrogens (tertiary/aromatic N) is 3. The molecule has 2 aromatic heterocycles. The van der Waals surface area contributed by atoms with Crippen molar-refractivity contribution < 1.29 is 9.32 Å². The van der Waals surface area contributed by atoms with Crippen molar-refractivity contribution in [3.8, 4) is 0 Å². The third-order valence-corrected chi connectivity index (χ3v) is 3.69. The third kappa shape index (κ3) is 2.21. The summed E-state index contributed by atoms with van der Waals surface area (Å²) in [5.41, 5.74) is 2.29. The topological polar surface area (TPSA) is 80.4 Å². The standard InChI is InChI=1S/C12H12N4O2S/c1-6-5-8(9-7(2)16-18-11(9)14-6)10(17)15-12-13-3-4-19-12/h5H,3-4H2,1-2H3,(H,13,15,17). The van der Waals surface area contributed by atoms with Gasteiger partial charge in [0.2, 0.25) is 0 Å². The molecule has 1 N–H and O–H groups in total. The molecule has 0 unspecified atom stereocenters. The molecule has 0 spiro atoms. The number of amides is 1. The number of hydrogen-bond donors (Lipinski definition) is 1.